The molecule has 0 aliphatic rings. The van der Waals surface area contributed by atoms with Crippen molar-refractivity contribution in [2.45, 2.75) is 25.7 Å². The molecule has 0 aliphatic carbocycles. The minimum Gasteiger partial charge on any atom is -0.493 e. The van der Waals surface area contributed by atoms with Gasteiger partial charge in [-0.1, -0.05) is 20.8 Å². The van der Waals surface area contributed by atoms with Gasteiger partial charge in [0.2, 0.25) is 0 Å². The van der Waals surface area contributed by atoms with Crippen molar-refractivity contribution in [3.8, 4) is 11.5 Å². The van der Waals surface area contributed by atoms with Gasteiger partial charge in [0.15, 0.2) is 11.5 Å². The fraction of sp³-hybridized carbons (Fsp3) is 0.500. The van der Waals surface area contributed by atoms with E-state index in [-0.39, 0.29) is 5.41 Å². The van der Waals surface area contributed by atoms with E-state index in [9.17, 15) is 0 Å². The van der Waals surface area contributed by atoms with Crippen LogP contribution >= 0.6 is 12.6 Å². The van der Waals surface area contributed by atoms with E-state index >= 15 is 0 Å². The van der Waals surface area contributed by atoms with Crippen molar-refractivity contribution in [1.29, 1.82) is 0 Å². The molecule has 0 N–H and O–H groups in total. The second-order valence-electron chi connectivity index (χ2n) is 4.68. The first-order valence-corrected chi connectivity index (χ1v) is 5.37. The lowest BCUT2D eigenvalue weighted by atomic mass is 9.99. The standard InChI is InChI=1S/C12H18O2S/c1-12(2,3)8-14-10-6-5-9(15)7-11(10)13-4/h5-7,15H,8H2,1-4H3. The summed E-state index contributed by atoms with van der Waals surface area (Å²) in [6.45, 7) is 7.06. The van der Waals surface area contributed by atoms with Crippen molar-refractivity contribution >= 4 is 12.6 Å². The van der Waals surface area contributed by atoms with Gasteiger partial charge in [0.25, 0.3) is 0 Å². The SMILES string of the molecule is COc1cc(S)ccc1OCC(C)(C)C. The van der Waals surface area contributed by atoms with Gasteiger partial charge in [0, 0.05) is 4.90 Å². The highest BCUT2D eigenvalue weighted by Crippen LogP contribution is 2.30. The molecule has 2 nitrogen and oxygen atoms in total. The molecule has 0 spiro atoms. The van der Waals surface area contributed by atoms with Crippen LogP contribution in [0, 0.1) is 5.41 Å². The van der Waals surface area contributed by atoms with Crippen molar-refractivity contribution in [2.75, 3.05) is 13.7 Å². The van der Waals surface area contributed by atoms with Gasteiger partial charge in [-0.3, -0.25) is 0 Å². The molecule has 0 bridgehead atoms. The summed E-state index contributed by atoms with van der Waals surface area (Å²) in [4.78, 5) is 0.870. The summed E-state index contributed by atoms with van der Waals surface area (Å²) in [6, 6.07) is 5.62. The van der Waals surface area contributed by atoms with Crippen LogP contribution in [0.2, 0.25) is 0 Å². The highest BCUT2D eigenvalue weighted by atomic mass is 32.1. The van der Waals surface area contributed by atoms with Crippen LogP contribution in [0.25, 0.3) is 0 Å². The van der Waals surface area contributed by atoms with Crippen molar-refractivity contribution in [1.82, 2.24) is 0 Å². The number of benzene rings is 1. The molecular weight excluding hydrogens is 208 g/mol. The van der Waals surface area contributed by atoms with Crippen molar-refractivity contribution in [3.05, 3.63) is 18.2 Å². The molecule has 1 aromatic carbocycles. The Hall–Kier alpha value is -0.830. The van der Waals surface area contributed by atoms with Gasteiger partial charge in [-0.15, -0.1) is 12.6 Å². The zero-order valence-corrected chi connectivity index (χ0v) is 10.6. The second-order valence-corrected chi connectivity index (χ2v) is 5.20. The van der Waals surface area contributed by atoms with Gasteiger partial charge in [0.05, 0.1) is 13.7 Å². The third-order valence-electron chi connectivity index (χ3n) is 1.81. The van der Waals surface area contributed by atoms with Crippen LogP contribution in [0.5, 0.6) is 11.5 Å². The highest BCUT2D eigenvalue weighted by Gasteiger charge is 2.13. The minimum absolute atomic E-state index is 0.143. The van der Waals surface area contributed by atoms with Crippen LogP contribution in [0.15, 0.2) is 23.1 Å². The lowest BCUT2D eigenvalue weighted by Gasteiger charge is -2.20. The Balaban J connectivity index is 2.76. The molecule has 15 heavy (non-hydrogen) atoms. The molecule has 1 rings (SSSR count). The molecule has 0 saturated heterocycles. The summed E-state index contributed by atoms with van der Waals surface area (Å²) in [7, 11) is 1.63. The molecule has 0 aliphatic heterocycles. The van der Waals surface area contributed by atoms with Crippen molar-refractivity contribution in [3.63, 3.8) is 0 Å². The number of rotatable bonds is 3. The normalized spacial score (nSPS) is 11.3. The van der Waals surface area contributed by atoms with Crippen LogP contribution in [-0.4, -0.2) is 13.7 Å². The molecule has 0 unspecified atom stereocenters. The first-order chi connectivity index (χ1) is 6.92. The maximum atomic E-state index is 5.69. The van der Waals surface area contributed by atoms with E-state index in [0.717, 1.165) is 16.4 Å². The van der Waals surface area contributed by atoms with Gasteiger partial charge in [-0.25, -0.2) is 0 Å². The Morgan fingerprint density at radius 3 is 2.40 bits per heavy atom. The third kappa shape index (κ3) is 4.04. The largest absolute Gasteiger partial charge is 0.493 e. The first kappa shape index (κ1) is 12.2. The summed E-state index contributed by atoms with van der Waals surface area (Å²) in [6.07, 6.45) is 0. The van der Waals surface area contributed by atoms with Gasteiger partial charge in [0.1, 0.15) is 0 Å². The summed E-state index contributed by atoms with van der Waals surface area (Å²) >= 11 is 4.24. The predicted octanol–water partition coefficient (Wildman–Crippen LogP) is 3.41. The number of methoxy groups -OCH3 is 1. The monoisotopic (exact) mass is 226 g/mol. The molecule has 0 aromatic heterocycles. The zero-order valence-electron chi connectivity index (χ0n) is 9.70. The van der Waals surface area contributed by atoms with E-state index < -0.39 is 0 Å². The zero-order chi connectivity index (χ0) is 11.5. The molecule has 0 amide bonds. The quantitative estimate of drug-likeness (QED) is 0.796. The first-order valence-electron chi connectivity index (χ1n) is 4.92. The molecular formula is C12H18O2S. The average molecular weight is 226 g/mol. The summed E-state index contributed by atoms with van der Waals surface area (Å²) in [5.41, 5.74) is 0.143. The molecule has 1 aromatic rings. The van der Waals surface area contributed by atoms with Crippen LogP contribution in [-0.2, 0) is 0 Å². The average Bonchev–Trinajstić information content (AvgIpc) is 2.14. The lowest BCUT2D eigenvalue weighted by molar-refractivity contribution is 0.191. The number of ether oxygens (including phenoxy) is 2. The Labute approximate surface area is 97.0 Å². The van der Waals surface area contributed by atoms with E-state index in [1.54, 1.807) is 7.11 Å². The molecule has 0 saturated carbocycles. The number of hydrogen-bond acceptors (Lipinski definition) is 3. The van der Waals surface area contributed by atoms with Gasteiger partial charge >= 0.3 is 0 Å². The Morgan fingerprint density at radius 2 is 1.87 bits per heavy atom. The fourth-order valence-electron chi connectivity index (χ4n) is 1.07. The molecule has 0 fully saturated rings. The maximum absolute atomic E-state index is 5.69. The second kappa shape index (κ2) is 4.79. The minimum atomic E-state index is 0.143. The smallest absolute Gasteiger partial charge is 0.161 e. The fourth-order valence-corrected chi connectivity index (χ4v) is 1.26. The Kier molecular flexibility index (Phi) is 3.91. The number of hydrogen-bond donors (Lipinski definition) is 1. The summed E-state index contributed by atoms with van der Waals surface area (Å²) < 4.78 is 10.9. The van der Waals surface area contributed by atoms with Crippen molar-refractivity contribution < 1.29 is 9.47 Å². The van der Waals surface area contributed by atoms with E-state index in [0.29, 0.717) is 6.61 Å². The Bertz CT molecular complexity index is 329. The number of thiol groups is 1. The van der Waals surface area contributed by atoms with Crippen LogP contribution < -0.4 is 9.47 Å². The molecule has 84 valence electrons. The van der Waals surface area contributed by atoms with Gasteiger partial charge < -0.3 is 9.47 Å². The van der Waals surface area contributed by atoms with E-state index in [1.807, 2.05) is 18.2 Å². The third-order valence-corrected chi connectivity index (χ3v) is 2.09. The molecule has 0 atom stereocenters. The van der Waals surface area contributed by atoms with Crippen LogP contribution in [0.3, 0.4) is 0 Å². The molecule has 3 heteroatoms. The highest BCUT2D eigenvalue weighted by molar-refractivity contribution is 7.80. The maximum Gasteiger partial charge on any atom is 0.161 e. The van der Waals surface area contributed by atoms with Crippen molar-refractivity contribution in [2.24, 2.45) is 5.41 Å². The van der Waals surface area contributed by atoms with E-state index in [1.165, 1.54) is 0 Å². The summed E-state index contributed by atoms with van der Waals surface area (Å²) in [5.74, 6) is 1.50. The van der Waals surface area contributed by atoms with Gasteiger partial charge in [-0.05, 0) is 23.6 Å². The predicted molar refractivity (Wildman–Crippen MR) is 65.2 cm³/mol. The van der Waals surface area contributed by atoms with E-state index in [2.05, 4.69) is 33.4 Å². The Morgan fingerprint density at radius 1 is 1.20 bits per heavy atom. The molecule has 0 radical (unpaired) electrons. The lowest BCUT2D eigenvalue weighted by Crippen LogP contribution is -2.17. The van der Waals surface area contributed by atoms with Gasteiger partial charge in [-0.2, -0.15) is 0 Å². The summed E-state index contributed by atoms with van der Waals surface area (Å²) in [5, 5.41) is 0. The topological polar surface area (TPSA) is 18.5 Å². The van der Waals surface area contributed by atoms with Crippen LogP contribution in [0.1, 0.15) is 20.8 Å². The molecule has 0 heterocycles. The van der Waals surface area contributed by atoms with E-state index in [4.69, 9.17) is 9.47 Å². The van der Waals surface area contributed by atoms with Crippen LogP contribution in [0.4, 0.5) is 0 Å².